The first-order valence-electron chi connectivity index (χ1n) is 3.69. The molecule has 0 saturated carbocycles. The molecule has 0 aliphatic heterocycles. The molecule has 66 valence electrons. The standard InChI is InChI=1S/C8H16O3/c1-7(9)10-5-6-11-8(2,3)4/h5-6H2,1-4H3. The van der Waals surface area contributed by atoms with Gasteiger partial charge in [0.05, 0.1) is 12.2 Å². The molecule has 0 aromatic heterocycles. The fourth-order valence-electron chi connectivity index (χ4n) is 0.533. The van der Waals surface area contributed by atoms with Crippen LogP contribution in [-0.4, -0.2) is 24.8 Å². The average molecular weight is 160 g/mol. The minimum Gasteiger partial charge on any atom is -0.463 e. The molecule has 0 aliphatic carbocycles. The van der Waals surface area contributed by atoms with E-state index in [1.165, 1.54) is 6.92 Å². The summed E-state index contributed by atoms with van der Waals surface area (Å²) in [5.74, 6) is -0.262. The van der Waals surface area contributed by atoms with E-state index in [2.05, 4.69) is 4.74 Å². The minimum absolute atomic E-state index is 0.153. The predicted octanol–water partition coefficient (Wildman–Crippen LogP) is 1.36. The van der Waals surface area contributed by atoms with E-state index in [1.807, 2.05) is 20.8 Å². The lowest BCUT2D eigenvalue weighted by Crippen LogP contribution is -2.22. The molecular weight excluding hydrogens is 144 g/mol. The van der Waals surface area contributed by atoms with Gasteiger partial charge < -0.3 is 9.47 Å². The van der Waals surface area contributed by atoms with Gasteiger partial charge in [-0.05, 0) is 20.8 Å². The zero-order chi connectivity index (χ0) is 8.91. The summed E-state index contributed by atoms with van der Waals surface area (Å²) in [7, 11) is 0. The molecule has 3 heteroatoms. The highest BCUT2D eigenvalue weighted by molar-refractivity contribution is 5.65. The number of esters is 1. The van der Waals surface area contributed by atoms with Crippen molar-refractivity contribution < 1.29 is 14.3 Å². The molecule has 3 nitrogen and oxygen atoms in total. The number of ether oxygens (including phenoxy) is 2. The van der Waals surface area contributed by atoms with Crippen LogP contribution in [0.2, 0.25) is 0 Å². The average Bonchev–Trinajstić information content (AvgIpc) is 1.78. The minimum atomic E-state index is -0.262. The molecule has 0 saturated heterocycles. The van der Waals surface area contributed by atoms with Gasteiger partial charge in [-0.25, -0.2) is 0 Å². The lowest BCUT2D eigenvalue weighted by atomic mass is 10.2. The molecule has 0 N–H and O–H groups in total. The van der Waals surface area contributed by atoms with Gasteiger partial charge in [-0.3, -0.25) is 4.79 Å². The lowest BCUT2D eigenvalue weighted by molar-refractivity contribution is -0.144. The molecule has 11 heavy (non-hydrogen) atoms. The molecule has 0 atom stereocenters. The van der Waals surface area contributed by atoms with Crippen molar-refractivity contribution in [2.75, 3.05) is 13.2 Å². The number of hydrogen-bond acceptors (Lipinski definition) is 3. The first-order chi connectivity index (χ1) is 4.92. The third kappa shape index (κ3) is 9.43. The van der Waals surface area contributed by atoms with Crippen LogP contribution in [0.3, 0.4) is 0 Å². The van der Waals surface area contributed by atoms with Crippen LogP contribution < -0.4 is 0 Å². The molecule has 0 radical (unpaired) electrons. The zero-order valence-electron chi connectivity index (χ0n) is 7.64. The van der Waals surface area contributed by atoms with Crippen molar-refractivity contribution in [1.29, 1.82) is 0 Å². The van der Waals surface area contributed by atoms with Crippen molar-refractivity contribution in [1.82, 2.24) is 0 Å². The maximum Gasteiger partial charge on any atom is 0.302 e. The third-order valence-electron chi connectivity index (χ3n) is 0.924. The van der Waals surface area contributed by atoms with Gasteiger partial charge in [0.2, 0.25) is 0 Å². The van der Waals surface area contributed by atoms with Crippen LogP contribution in [0.5, 0.6) is 0 Å². The Labute approximate surface area is 67.7 Å². The van der Waals surface area contributed by atoms with Gasteiger partial charge in [-0.1, -0.05) is 0 Å². The summed E-state index contributed by atoms with van der Waals surface area (Å²) in [6.45, 7) is 8.06. The first kappa shape index (κ1) is 10.4. The van der Waals surface area contributed by atoms with Gasteiger partial charge in [0.15, 0.2) is 0 Å². The fraction of sp³-hybridized carbons (Fsp3) is 0.875. The summed E-state index contributed by atoms with van der Waals surface area (Å²) >= 11 is 0. The van der Waals surface area contributed by atoms with E-state index in [1.54, 1.807) is 0 Å². The normalized spacial score (nSPS) is 11.3. The smallest absolute Gasteiger partial charge is 0.302 e. The van der Waals surface area contributed by atoms with Crippen LogP contribution in [0.15, 0.2) is 0 Å². The van der Waals surface area contributed by atoms with Crippen molar-refractivity contribution in [3.8, 4) is 0 Å². The fourth-order valence-corrected chi connectivity index (χ4v) is 0.533. The summed E-state index contributed by atoms with van der Waals surface area (Å²) in [5.41, 5.74) is -0.153. The van der Waals surface area contributed by atoms with Gasteiger partial charge in [0, 0.05) is 6.92 Å². The van der Waals surface area contributed by atoms with E-state index in [-0.39, 0.29) is 11.6 Å². The second-order valence-electron chi connectivity index (χ2n) is 3.30. The molecule has 0 spiro atoms. The maximum atomic E-state index is 10.3. The molecule has 0 fully saturated rings. The van der Waals surface area contributed by atoms with Gasteiger partial charge in [-0.15, -0.1) is 0 Å². The zero-order valence-corrected chi connectivity index (χ0v) is 7.64. The molecular formula is C8H16O3. The summed E-state index contributed by atoms with van der Waals surface area (Å²) in [4.78, 5) is 10.3. The van der Waals surface area contributed by atoms with Crippen LogP contribution in [-0.2, 0) is 14.3 Å². The Morgan fingerprint density at radius 3 is 2.18 bits per heavy atom. The number of carbonyl (C=O) groups excluding carboxylic acids is 1. The number of carbonyl (C=O) groups is 1. The van der Waals surface area contributed by atoms with Crippen LogP contribution in [0.4, 0.5) is 0 Å². The second-order valence-corrected chi connectivity index (χ2v) is 3.30. The molecule has 0 bridgehead atoms. The highest BCUT2D eigenvalue weighted by Gasteiger charge is 2.09. The maximum absolute atomic E-state index is 10.3. The van der Waals surface area contributed by atoms with E-state index in [0.717, 1.165) is 0 Å². The van der Waals surface area contributed by atoms with Crippen LogP contribution in [0.25, 0.3) is 0 Å². The summed E-state index contributed by atoms with van der Waals surface area (Å²) in [5, 5.41) is 0. The molecule has 0 aromatic carbocycles. The largest absolute Gasteiger partial charge is 0.463 e. The summed E-state index contributed by atoms with van der Waals surface area (Å²) < 4.78 is 9.98. The SMILES string of the molecule is CC(=O)OCCOC(C)(C)C. The highest BCUT2D eigenvalue weighted by Crippen LogP contribution is 2.05. The molecule has 0 rings (SSSR count). The first-order valence-corrected chi connectivity index (χ1v) is 3.69. The molecule has 0 unspecified atom stereocenters. The summed E-state index contributed by atoms with van der Waals surface area (Å²) in [6.07, 6.45) is 0. The van der Waals surface area contributed by atoms with Crippen molar-refractivity contribution in [3.63, 3.8) is 0 Å². The Morgan fingerprint density at radius 2 is 1.82 bits per heavy atom. The van der Waals surface area contributed by atoms with E-state index in [0.29, 0.717) is 13.2 Å². The van der Waals surface area contributed by atoms with Crippen LogP contribution >= 0.6 is 0 Å². The van der Waals surface area contributed by atoms with E-state index in [9.17, 15) is 4.79 Å². The number of hydrogen-bond donors (Lipinski definition) is 0. The van der Waals surface area contributed by atoms with E-state index >= 15 is 0 Å². The van der Waals surface area contributed by atoms with Crippen molar-refractivity contribution in [3.05, 3.63) is 0 Å². The third-order valence-corrected chi connectivity index (χ3v) is 0.924. The Morgan fingerprint density at radius 1 is 1.27 bits per heavy atom. The summed E-state index contributed by atoms with van der Waals surface area (Å²) in [6, 6.07) is 0. The van der Waals surface area contributed by atoms with Crippen molar-refractivity contribution in [2.24, 2.45) is 0 Å². The molecule has 0 aromatic rings. The van der Waals surface area contributed by atoms with Gasteiger partial charge >= 0.3 is 5.97 Å². The Hall–Kier alpha value is -0.570. The monoisotopic (exact) mass is 160 g/mol. The Bertz CT molecular complexity index is 124. The van der Waals surface area contributed by atoms with Crippen LogP contribution in [0, 0.1) is 0 Å². The number of rotatable bonds is 3. The van der Waals surface area contributed by atoms with Crippen LogP contribution in [0.1, 0.15) is 27.7 Å². The Balaban J connectivity index is 3.22. The molecule has 0 amide bonds. The lowest BCUT2D eigenvalue weighted by Gasteiger charge is -2.18. The van der Waals surface area contributed by atoms with E-state index in [4.69, 9.17) is 4.74 Å². The molecule has 0 heterocycles. The second kappa shape index (κ2) is 4.34. The van der Waals surface area contributed by atoms with Gasteiger partial charge in [-0.2, -0.15) is 0 Å². The van der Waals surface area contributed by atoms with Crippen molar-refractivity contribution >= 4 is 5.97 Å². The molecule has 0 aliphatic rings. The van der Waals surface area contributed by atoms with E-state index < -0.39 is 0 Å². The highest BCUT2D eigenvalue weighted by atomic mass is 16.6. The predicted molar refractivity (Wildman–Crippen MR) is 42.3 cm³/mol. The van der Waals surface area contributed by atoms with Crippen molar-refractivity contribution in [2.45, 2.75) is 33.3 Å². The quantitative estimate of drug-likeness (QED) is 0.462. The topological polar surface area (TPSA) is 35.5 Å². The van der Waals surface area contributed by atoms with Gasteiger partial charge in [0.1, 0.15) is 6.61 Å². The Kier molecular flexibility index (Phi) is 4.11. The van der Waals surface area contributed by atoms with Gasteiger partial charge in [0.25, 0.3) is 0 Å².